The van der Waals surface area contributed by atoms with Gasteiger partial charge < -0.3 is 9.26 Å². The van der Waals surface area contributed by atoms with Crippen LogP contribution in [0.3, 0.4) is 0 Å². The summed E-state index contributed by atoms with van der Waals surface area (Å²) in [7, 11) is 0. The number of ether oxygens (including phenoxy) is 1. The number of hydrogen-bond donors (Lipinski definition) is 0. The van der Waals surface area contributed by atoms with Crippen molar-refractivity contribution >= 4 is 11.3 Å². The van der Waals surface area contributed by atoms with Gasteiger partial charge in [0.05, 0.1) is 11.7 Å². The van der Waals surface area contributed by atoms with E-state index in [1.54, 1.807) is 11.3 Å². The summed E-state index contributed by atoms with van der Waals surface area (Å²) >= 11 is 1.67. The van der Waals surface area contributed by atoms with Crippen LogP contribution in [-0.2, 0) is 17.7 Å². The summed E-state index contributed by atoms with van der Waals surface area (Å²) in [5.74, 6) is 1.53. The average molecular weight is 336 g/mol. The maximum Gasteiger partial charge on any atom is 0.226 e. The first-order chi connectivity index (χ1) is 11.2. The Morgan fingerprint density at radius 1 is 1.43 bits per heavy atom. The topological polar surface area (TPSA) is 64.3 Å². The van der Waals surface area contributed by atoms with Gasteiger partial charge in [0.15, 0.2) is 5.82 Å². The maximum absolute atomic E-state index is 5.62. The van der Waals surface area contributed by atoms with Gasteiger partial charge in [-0.15, -0.1) is 11.3 Å². The van der Waals surface area contributed by atoms with Crippen LogP contribution < -0.4 is 0 Å². The van der Waals surface area contributed by atoms with E-state index in [-0.39, 0.29) is 12.1 Å². The maximum atomic E-state index is 5.62. The Kier molecular flexibility index (Phi) is 5.40. The number of likely N-dealkylation sites (tertiary alicyclic amines) is 1. The normalized spacial score (nSPS) is 20.2. The molecule has 0 radical (unpaired) electrons. The monoisotopic (exact) mass is 336 g/mol. The predicted octanol–water partition coefficient (Wildman–Crippen LogP) is 3.52. The first-order valence-electron chi connectivity index (χ1n) is 8.33. The molecule has 0 aromatic carbocycles. The Balaban J connectivity index is 1.66. The minimum Gasteiger partial charge on any atom is -0.372 e. The van der Waals surface area contributed by atoms with Crippen molar-refractivity contribution in [3.63, 3.8) is 0 Å². The van der Waals surface area contributed by atoms with Gasteiger partial charge in [-0.05, 0) is 33.2 Å². The van der Waals surface area contributed by atoms with Crippen molar-refractivity contribution in [1.82, 2.24) is 20.0 Å². The number of nitrogens with zero attached hydrogens (tertiary/aromatic N) is 4. The molecule has 7 heteroatoms. The molecule has 3 heterocycles. The Morgan fingerprint density at radius 3 is 3.04 bits per heavy atom. The molecule has 3 rings (SSSR count). The lowest BCUT2D eigenvalue weighted by Gasteiger charge is -2.20. The second kappa shape index (κ2) is 7.51. The highest BCUT2D eigenvalue weighted by Gasteiger charge is 2.30. The Hall–Kier alpha value is -1.31. The molecule has 1 aliphatic heterocycles. The third kappa shape index (κ3) is 3.79. The van der Waals surface area contributed by atoms with Crippen LogP contribution in [0.15, 0.2) is 9.90 Å². The molecule has 0 amide bonds. The third-order valence-electron chi connectivity index (χ3n) is 4.15. The van der Waals surface area contributed by atoms with Crippen LogP contribution in [-0.4, -0.2) is 33.2 Å². The molecule has 1 saturated heterocycles. The summed E-state index contributed by atoms with van der Waals surface area (Å²) in [5, 5.41) is 7.33. The molecule has 126 valence electrons. The summed E-state index contributed by atoms with van der Waals surface area (Å²) < 4.78 is 10.9. The molecule has 0 aliphatic carbocycles. The fraction of sp³-hybridized carbons (Fsp3) is 0.688. The van der Waals surface area contributed by atoms with Crippen molar-refractivity contribution < 1.29 is 9.26 Å². The smallest absolute Gasteiger partial charge is 0.226 e. The van der Waals surface area contributed by atoms with Crippen molar-refractivity contribution in [2.75, 3.05) is 13.2 Å². The quantitative estimate of drug-likeness (QED) is 0.771. The molecule has 0 spiro atoms. The molecule has 23 heavy (non-hydrogen) atoms. The molecule has 0 bridgehead atoms. The summed E-state index contributed by atoms with van der Waals surface area (Å²) in [5.41, 5.74) is 1.10. The molecule has 1 fully saturated rings. The zero-order valence-corrected chi connectivity index (χ0v) is 14.8. The van der Waals surface area contributed by atoms with Crippen LogP contribution in [0.5, 0.6) is 0 Å². The molecule has 1 aliphatic rings. The van der Waals surface area contributed by atoms with Crippen molar-refractivity contribution in [2.45, 2.75) is 58.7 Å². The summed E-state index contributed by atoms with van der Waals surface area (Å²) in [6.45, 7) is 8.68. The van der Waals surface area contributed by atoms with Crippen molar-refractivity contribution in [3.8, 4) is 0 Å². The fourth-order valence-corrected chi connectivity index (χ4v) is 3.78. The molecule has 0 N–H and O–H groups in total. The predicted molar refractivity (Wildman–Crippen MR) is 88.2 cm³/mol. The largest absolute Gasteiger partial charge is 0.372 e. The van der Waals surface area contributed by atoms with Crippen LogP contribution in [0.1, 0.15) is 68.2 Å². The first-order valence-corrected chi connectivity index (χ1v) is 9.21. The van der Waals surface area contributed by atoms with Gasteiger partial charge >= 0.3 is 0 Å². The molecule has 6 nitrogen and oxygen atoms in total. The van der Waals surface area contributed by atoms with Gasteiger partial charge in [-0.2, -0.15) is 4.98 Å². The molecule has 2 aromatic rings. The van der Waals surface area contributed by atoms with Gasteiger partial charge in [0, 0.05) is 25.0 Å². The highest BCUT2D eigenvalue weighted by Crippen LogP contribution is 2.32. The number of rotatable bonds is 7. The van der Waals surface area contributed by atoms with E-state index in [4.69, 9.17) is 14.2 Å². The zero-order chi connectivity index (χ0) is 16.2. The van der Waals surface area contributed by atoms with Crippen LogP contribution in [0.25, 0.3) is 0 Å². The van der Waals surface area contributed by atoms with Gasteiger partial charge in [-0.25, -0.2) is 4.98 Å². The van der Waals surface area contributed by atoms with E-state index in [0.717, 1.165) is 48.9 Å². The lowest BCUT2D eigenvalue weighted by Crippen LogP contribution is -2.23. The summed E-state index contributed by atoms with van der Waals surface area (Å²) in [4.78, 5) is 11.6. The lowest BCUT2D eigenvalue weighted by atomic mass is 10.2. The lowest BCUT2D eigenvalue weighted by molar-refractivity contribution is 0.0760. The Bertz CT molecular complexity index is 627. The van der Waals surface area contributed by atoms with Crippen LogP contribution >= 0.6 is 11.3 Å². The van der Waals surface area contributed by atoms with Crippen molar-refractivity contribution in [3.05, 3.63) is 27.8 Å². The fourth-order valence-electron chi connectivity index (χ4n) is 2.97. The minimum absolute atomic E-state index is 0.0671. The number of thiazole rings is 1. The van der Waals surface area contributed by atoms with E-state index in [2.05, 4.69) is 27.3 Å². The zero-order valence-electron chi connectivity index (χ0n) is 14.0. The Morgan fingerprint density at radius 2 is 2.30 bits per heavy atom. The van der Waals surface area contributed by atoms with E-state index < -0.39 is 0 Å². The van der Waals surface area contributed by atoms with E-state index in [9.17, 15) is 0 Å². The molecule has 2 atom stereocenters. The van der Waals surface area contributed by atoms with E-state index >= 15 is 0 Å². The first kappa shape index (κ1) is 16.5. The van der Waals surface area contributed by atoms with Crippen LogP contribution in [0.4, 0.5) is 0 Å². The summed E-state index contributed by atoms with van der Waals surface area (Å²) in [6.07, 6.45) is 3.09. The van der Waals surface area contributed by atoms with Crippen molar-refractivity contribution in [1.29, 1.82) is 0 Å². The molecule has 0 unspecified atom stereocenters. The van der Waals surface area contributed by atoms with E-state index in [1.165, 1.54) is 0 Å². The molecular formula is C16H24N4O2S. The van der Waals surface area contributed by atoms with Gasteiger partial charge in [-0.3, -0.25) is 4.90 Å². The molecule has 2 aromatic heterocycles. The minimum atomic E-state index is 0.0671. The standard InChI is InChI=1S/C16H24N4O2S/c1-4-14-18-15(19-22-14)13-7-6-8-20(13)9-12-10-23-16(17-12)11(3)21-5-2/h10-11,13H,4-9H2,1-3H3/t11-,13-/m1/s1. The number of aryl methyl sites for hydroxylation is 1. The second-order valence-electron chi connectivity index (χ2n) is 5.80. The van der Waals surface area contributed by atoms with Crippen molar-refractivity contribution in [2.24, 2.45) is 0 Å². The Labute approximate surface area is 140 Å². The summed E-state index contributed by atoms with van der Waals surface area (Å²) in [6, 6.07) is 0.244. The van der Waals surface area contributed by atoms with E-state index in [0.29, 0.717) is 12.5 Å². The van der Waals surface area contributed by atoms with Gasteiger partial charge in [0.25, 0.3) is 0 Å². The van der Waals surface area contributed by atoms with Gasteiger partial charge in [0.2, 0.25) is 5.89 Å². The highest BCUT2D eigenvalue weighted by molar-refractivity contribution is 7.09. The van der Waals surface area contributed by atoms with Gasteiger partial charge in [-0.1, -0.05) is 12.1 Å². The average Bonchev–Trinajstić information content (AvgIpc) is 3.27. The molecular weight excluding hydrogens is 312 g/mol. The van der Waals surface area contributed by atoms with E-state index in [1.807, 2.05) is 13.8 Å². The van der Waals surface area contributed by atoms with Crippen LogP contribution in [0, 0.1) is 0 Å². The number of hydrogen-bond acceptors (Lipinski definition) is 7. The van der Waals surface area contributed by atoms with Crippen LogP contribution in [0.2, 0.25) is 0 Å². The number of aromatic nitrogens is 3. The molecule has 0 saturated carbocycles. The SMILES string of the molecule is CCO[C@H](C)c1nc(CN2CCC[C@@H]2c2noc(CC)n2)cs1. The third-order valence-corrected chi connectivity index (χ3v) is 5.20. The van der Waals surface area contributed by atoms with Gasteiger partial charge in [0.1, 0.15) is 11.1 Å². The highest BCUT2D eigenvalue weighted by atomic mass is 32.1. The second-order valence-corrected chi connectivity index (χ2v) is 6.69.